The van der Waals surface area contributed by atoms with Gasteiger partial charge in [0, 0.05) is 62.6 Å². The smallest absolute Gasteiger partial charge is 0.0491 e. The van der Waals surface area contributed by atoms with Gasteiger partial charge in [-0.3, -0.25) is 0 Å². The number of halogens is 1. The van der Waals surface area contributed by atoms with Gasteiger partial charge in [-0.15, -0.1) is 11.6 Å². The summed E-state index contributed by atoms with van der Waals surface area (Å²) in [4.78, 5) is 2.24. The van der Waals surface area contributed by atoms with Crippen molar-refractivity contribution >= 4 is 55.2 Å². The molecule has 0 N–H and O–H groups in total. The van der Waals surface area contributed by atoms with Gasteiger partial charge < -0.3 is 14.0 Å². The van der Waals surface area contributed by atoms with Crippen LogP contribution in [0.4, 0.5) is 0 Å². The lowest BCUT2D eigenvalue weighted by Crippen LogP contribution is -2.15. The molecule has 4 aromatic carbocycles. The molecule has 2 heterocycles. The number of hydrogen-bond acceptors (Lipinski definition) is 1. The molecule has 0 bridgehead atoms. The predicted molar refractivity (Wildman–Crippen MR) is 157 cm³/mol. The molecule has 0 atom stereocenters. The van der Waals surface area contributed by atoms with Crippen LogP contribution in [0.5, 0.6) is 0 Å². The minimum Gasteiger partial charge on any atom is -0.340 e. The molecule has 6 rings (SSSR count). The Labute approximate surface area is 218 Å². The van der Waals surface area contributed by atoms with E-state index in [1.54, 1.807) is 0 Å². The average molecular weight is 496 g/mol. The van der Waals surface area contributed by atoms with Gasteiger partial charge in [0.15, 0.2) is 0 Å². The van der Waals surface area contributed by atoms with Gasteiger partial charge in [-0.2, -0.15) is 0 Å². The molecule has 36 heavy (non-hydrogen) atoms. The fourth-order valence-corrected chi connectivity index (χ4v) is 5.37. The molecular formula is C32H34ClN3. The number of aromatic nitrogens is 2. The SMILES string of the molecule is CN(C)CCCn1c2ccccc2c2ccccc21.ClCCCn1c2ccccc2c2ccccc21. The van der Waals surface area contributed by atoms with Gasteiger partial charge in [0.1, 0.15) is 0 Å². The molecule has 0 radical (unpaired) electrons. The van der Waals surface area contributed by atoms with Crippen LogP contribution in [0.2, 0.25) is 0 Å². The summed E-state index contributed by atoms with van der Waals surface area (Å²) in [6.07, 6.45) is 2.18. The number of nitrogens with zero attached hydrogens (tertiary/aromatic N) is 3. The van der Waals surface area contributed by atoms with Crippen LogP contribution in [0.3, 0.4) is 0 Å². The highest BCUT2D eigenvalue weighted by Gasteiger charge is 2.09. The molecule has 2 aromatic heterocycles. The zero-order chi connectivity index (χ0) is 24.9. The highest BCUT2D eigenvalue weighted by atomic mass is 35.5. The van der Waals surface area contributed by atoms with Gasteiger partial charge >= 0.3 is 0 Å². The van der Waals surface area contributed by atoms with Gasteiger partial charge in [-0.1, -0.05) is 72.8 Å². The summed E-state index contributed by atoms with van der Waals surface area (Å²) in [5.74, 6) is 0.709. The second kappa shape index (κ2) is 11.2. The Kier molecular flexibility index (Phi) is 7.60. The third kappa shape index (κ3) is 4.86. The summed E-state index contributed by atoms with van der Waals surface area (Å²) in [5.41, 5.74) is 5.31. The zero-order valence-corrected chi connectivity index (χ0v) is 22.0. The Morgan fingerprint density at radius 2 is 0.861 bits per heavy atom. The van der Waals surface area contributed by atoms with Crippen LogP contribution in [0, 0.1) is 0 Å². The molecule has 3 nitrogen and oxygen atoms in total. The first-order chi connectivity index (χ1) is 17.7. The third-order valence-corrected chi connectivity index (χ3v) is 7.13. The first kappa shape index (κ1) is 24.4. The first-order valence-electron chi connectivity index (χ1n) is 12.8. The van der Waals surface area contributed by atoms with E-state index in [0.29, 0.717) is 5.88 Å². The van der Waals surface area contributed by atoms with Crippen LogP contribution < -0.4 is 0 Å². The lowest BCUT2D eigenvalue weighted by Gasteiger charge is -2.11. The fraction of sp³-hybridized carbons (Fsp3) is 0.250. The Morgan fingerprint density at radius 3 is 1.19 bits per heavy atom. The minimum atomic E-state index is 0.709. The summed E-state index contributed by atoms with van der Waals surface area (Å²) >= 11 is 5.81. The molecule has 0 aliphatic rings. The second-order valence-corrected chi connectivity index (χ2v) is 9.95. The van der Waals surface area contributed by atoms with Gasteiger partial charge in [0.2, 0.25) is 0 Å². The van der Waals surface area contributed by atoms with Crippen LogP contribution in [-0.4, -0.2) is 40.6 Å². The Bertz CT molecular complexity index is 1480. The van der Waals surface area contributed by atoms with E-state index < -0.39 is 0 Å². The standard InChI is InChI=1S/C17H20N2.C15H14ClN/c1-18(2)12-7-13-19-16-10-5-3-8-14(16)15-9-4-6-11-17(15)19;16-10-5-11-17-14-8-3-1-6-12(14)13-7-2-4-9-15(13)17/h3-6,8-11H,7,12-13H2,1-2H3;1-4,6-9H,5,10-11H2. The van der Waals surface area contributed by atoms with Crippen molar-refractivity contribution in [2.24, 2.45) is 0 Å². The molecule has 0 fully saturated rings. The monoisotopic (exact) mass is 495 g/mol. The molecule has 0 saturated heterocycles. The highest BCUT2D eigenvalue weighted by molar-refractivity contribution is 6.17. The van der Waals surface area contributed by atoms with Crippen molar-refractivity contribution in [1.82, 2.24) is 14.0 Å². The van der Waals surface area contributed by atoms with Crippen molar-refractivity contribution < 1.29 is 0 Å². The van der Waals surface area contributed by atoms with E-state index in [9.17, 15) is 0 Å². The Morgan fingerprint density at radius 1 is 0.528 bits per heavy atom. The van der Waals surface area contributed by atoms with Gasteiger partial charge in [-0.05, 0) is 57.7 Å². The quantitative estimate of drug-likeness (QED) is 0.203. The number of para-hydroxylation sites is 4. The highest BCUT2D eigenvalue weighted by Crippen LogP contribution is 2.30. The molecule has 6 aromatic rings. The van der Waals surface area contributed by atoms with E-state index in [4.69, 9.17) is 11.6 Å². The topological polar surface area (TPSA) is 13.1 Å². The number of aryl methyl sites for hydroxylation is 2. The van der Waals surface area contributed by atoms with Crippen LogP contribution in [0.1, 0.15) is 12.8 Å². The normalized spacial score (nSPS) is 11.6. The van der Waals surface area contributed by atoms with Crippen molar-refractivity contribution in [2.45, 2.75) is 25.9 Å². The maximum Gasteiger partial charge on any atom is 0.0491 e. The Hall–Kier alpha value is -3.27. The molecule has 0 amide bonds. The van der Waals surface area contributed by atoms with Crippen LogP contribution in [0.25, 0.3) is 43.6 Å². The lowest BCUT2D eigenvalue weighted by molar-refractivity contribution is 0.389. The van der Waals surface area contributed by atoms with Crippen molar-refractivity contribution in [3.05, 3.63) is 97.1 Å². The number of hydrogen-bond donors (Lipinski definition) is 0. The summed E-state index contributed by atoms with van der Waals surface area (Å²) in [6, 6.07) is 34.5. The molecular weight excluding hydrogens is 462 g/mol. The molecule has 0 unspecified atom stereocenters. The fourth-order valence-electron chi connectivity index (χ4n) is 5.25. The molecule has 4 heteroatoms. The van der Waals surface area contributed by atoms with Gasteiger partial charge in [0.25, 0.3) is 0 Å². The molecule has 184 valence electrons. The van der Waals surface area contributed by atoms with Gasteiger partial charge in [-0.25, -0.2) is 0 Å². The summed E-state index contributed by atoms with van der Waals surface area (Å²) < 4.78 is 4.82. The minimum absolute atomic E-state index is 0.709. The van der Waals surface area contributed by atoms with Crippen molar-refractivity contribution in [3.8, 4) is 0 Å². The van der Waals surface area contributed by atoms with Crippen molar-refractivity contribution in [3.63, 3.8) is 0 Å². The van der Waals surface area contributed by atoms with E-state index in [1.807, 2.05) is 0 Å². The molecule has 0 aliphatic heterocycles. The summed E-state index contributed by atoms with van der Waals surface area (Å²) in [5, 5.41) is 5.39. The van der Waals surface area contributed by atoms with Crippen LogP contribution >= 0.6 is 11.6 Å². The van der Waals surface area contributed by atoms with Crippen molar-refractivity contribution in [1.29, 1.82) is 0 Å². The van der Waals surface area contributed by atoms with Gasteiger partial charge in [0.05, 0.1) is 0 Å². The predicted octanol–water partition coefficient (Wildman–Crippen LogP) is 8.17. The molecule has 0 spiro atoms. The third-order valence-electron chi connectivity index (χ3n) is 6.86. The summed E-state index contributed by atoms with van der Waals surface area (Å²) in [6.45, 7) is 3.19. The van der Waals surface area contributed by atoms with Crippen molar-refractivity contribution in [2.75, 3.05) is 26.5 Å². The van der Waals surface area contributed by atoms with Crippen LogP contribution in [0.15, 0.2) is 97.1 Å². The number of rotatable bonds is 7. The van der Waals surface area contributed by atoms with Crippen LogP contribution in [-0.2, 0) is 13.1 Å². The van der Waals surface area contributed by atoms with E-state index in [-0.39, 0.29) is 0 Å². The zero-order valence-electron chi connectivity index (χ0n) is 21.2. The average Bonchev–Trinajstić information content (AvgIpc) is 3.41. The maximum atomic E-state index is 5.81. The van der Waals surface area contributed by atoms with E-state index >= 15 is 0 Å². The largest absolute Gasteiger partial charge is 0.340 e. The first-order valence-corrected chi connectivity index (χ1v) is 13.3. The number of benzene rings is 4. The van der Waals surface area contributed by atoms with E-state index in [2.05, 4.69) is 125 Å². The summed E-state index contributed by atoms with van der Waals surface area (Å²) in [7, 11) is 4.26. The van der Waals surface area contributed by atoms with E-state index in [1.165, 1.54) is 50.0 Å². The molecule has 0 aliphatic carbocycles. The number of fused-ring (bicyclic) bond motifs is 6. The second-order valence-electron chi connectivity index (χ2n) is 9.57. The maximum absolute atomic E-state index is 5.81. The molecule has 0 saturated carbocycles. The van der Waals surface area contributed by atoms with E-state index in [0.717, 1.165) is 26.1 Å². The lowest BCUT2D eigenvalue weighted by atomic mass is 10.2. The number of alkyl halides is 1. The Balaban J connectivity index is 0.000000149.